The first-order valence-corrected chi connectivity index (χ1v) is 5.44. The minimum atomic E-state index is -1.01. The van der Waals surface area contributed by atoms with Gasteiger partial charge in [0.15, 0.2) is 0 Å². The second-order valence-electron chi connectivity index (χ2n) is 3.59. The van der Waals surface area contributed by atoms with Gasteiger partial charge in [-0.1, -0.05) is 0 Å². The predicted octanol–water partition coefficient (Wildman–Crippen LogP) is 1.62. The monoisotopic (exact) mass is 275 g/mol. The van der Waals surface area contributed by atoms with Crippen molar-refractivity contribution < 1.29 is 27.9 Å². The summed E-state index contributed by atoms with van der Waals surface area (Å²) in [5.41, 5.74) is -0.387. The number of benzene rings is 1. The summed E-state index contributed by atoms with van der Waals surface area (Å²) < 4.78 is 36.8. The Morgan fingerprint density at radius 3 is 2.53 bits per heavy atom. The smallest absolute Gasteiger partial charge is 0.283 e. The summed E-state index contributed by atoms with van der Waals surface area (Å²) in [6.45, 7) is 0.294. The van der Waals surface area contributed by atoms with Crippen LogP contribution in [0.1, 0.15) is 10.4 Å². The maximum Gasteiger partial charge on any atom is 0.283 e. The highest BCUT2D eigenvalue weighted by Crippen LogP contribution is 2.25. The van der Waals surface area contributed by atoms with Gasteiger partial charge in [-0.15, -0.1) is 0 Å². The van der Waals surface area contributed by atoms with Gasteiger partial charge in [-0.2, -0.15) is 0 Å². The maximum atomic E-state index is 13.7. The SMILES string of the molecule is COCCOc1cc(F)cc(F)c1C(=O)N(C)OC. The van der Waals surface area contributed by atoms with Gasteiger partial charge in [0, 0.05) is 26.3 Å². The van der Waals surface area contributed by atoms with Crippen LogP contribution in [0.5, 0.6) is 5.75 Å². The number of rotatable bonds is 6. The lowest BCUT2D eigenvalue weighted by Crippen LogP contribution is -2.27. The van der Waals surface area contributed by atoms with Gasteiger partial charge in [0.1, 0.15) is 29.6 Å². The van der Waals surface area contributed by atoms with Crippen LogP contribution in [-0.2, 0) is 9.57 Å². The van der Waals surface area contributed by atoms with Crippen LogP contribution in [0.4, 0.5) is 8.78 Å². The largest absolute Gasteiger partial charge is 0.490 e. The number of hydrogen-bond acceptors (Lipinski definition) is 4. The Labute approximate surface area is 109 Å². The third-order valence-electron chi connectivity index (χ3n) is 2.34. The number of hydrogen-bond donors (Lipinski definition) is 0. The first-order valence-electron chi connectivity index (χ1n) is 5.44. The molecule has 0 aromatic heterocycles. The molecule has 106 valence electrons. The van der Waals surface area contributed by atoms with E-state index in [4.69, 9.17) is 9.47 Å². The van der Waals surface area contributed by atoms with E-state index in [1.54, 1.807) is 0 Å². The molecular formula is C12H15F2NO4. The number of ether oxygens (including phenoxy) is 2. The molecule has 0 radical (unpaired) electrons. The van der Waals surface area contributed by atoms with E-state index in [0.717, 1.165) is 11.1 Å². The second kappa shape index (κ2) is 7.01. The molecule has 1 aromatic carbocycles. The van der Waals surface area contributed by atoms with E-state index in [1.807, 2.05) is 0 Å². The second-order valence-corrected chi connectivity index (χ2v) is 3.59. The molecule has 0 N–H and O–H groups in total. The van der Waals surface area contributed by atoms with Gasteiger partial charge >= 0.3 is 0 Å². The molecule has 7 heteroatoms. The summed E-state index contributed by atoms with van der Waals surface area (Å²) >= 11 is 0. The van der Waals surface area contributed by atoms with Crippen molar-refractivity contribution in [2.45, 2.75) is 0 Å². The minimum Gasteiger partial charge on any atom is -0.490 e. The fourth-order valence-corrected chi connectivity index (χ4v) is 1.35. The Morgan fingerprint density at radius 2 is 1.95 bits per heavy atom. The summed E-state index contributed by atoms with van der Waals surface area (Å²) in [7, 11) is 4.02. The molecule has 0 saturated heterocycles. The number of methoxy groups -OCH3 is 1. The van der Waals surface area contributed by atoms with Crippen LogP contribution in [-0.4, -0.2) is 45.5 Å². The number of nitrogens with zero attached hydrogens (tertiary/aromatic N) is 1. The van der Waals surface area contributed by atoms with Crippen LogP contribution >= 0.6 is 0 Å². The van der Waals surface area contributed by atoms with Crippen LogP contribution in [0.2, 0.25) is 0 Å². The average Bonchev–Trinajstić information content (AvgIpc) is 2.37. The van der Waals surface area contributed by atoms with Gasteiger partial charge < -0.3 is 9.47 Å². The number of halogens is 2. The summed E-state index contributed by atoms with van der Waals surface area (Å²) in [5.74, 6) is -2.81. The lowest BCUT2D eigenvalue weighted by molar-refractivity contribution is -0.0761. The fourth-order valence-electron chi connectivity index (χ4n) is 1.35. The molecule has 0 aliphatic carbocycles. The lowest BCUT2D eigenvalue weighted by Gasteiger charge is -2.17. The molecule has 0 fully saturated rings. The Balaban J connectivity index is 3.09. The summed E-state index contributed by atoms with van der Waals surface area (Å²) in [4.78, 5) is 16.6. The fraction of sp³-hybridized carbons (Fsp3) is 0.417. The normalized spacial score (nSPS) is 10.4. The zero-order valence-corrected chi connectivity index (χ0v) is 10.9. The van der Waals surface area contributed by atoms with Crippen LogP contribution in [0, 0.1) is 11.6 Å². The molecule has 0 bridgehead atoms. The van der Waals surface area contributed by atoms with Gasteiger partial charge in [-0.05, 0) is 0 Å². The van der Waals surface area contributed by atoms with E-state index in [1.165, 1.54) is 21.3 Å². The van der Waals surface area contributed by atoms with Gasteiger partial charge in [-0.3, -0.25) is 9.63 Å². The van der Waals surface area contributed by atoms with E-state index in [2.05, 4.69) is 4.84 Å². The summed E-state index contributed by atoms with van der Waals surface area (Å²) in [5, 5.41) is 0.819. The first kappa shape index (κ1) is 15.3. The van der Waals surface area contributed by atoms with Crippen molar-refractivity contribution in [1.82, 2.24) is 5.06 Å². The van der Waals surface area contributed by atoms with Crippen molar-refractivity contribution in [2.75, 3.05) is 34.5 Å². The van der Waals surface area contributed by atoms with Crippen LogP contribution in [0.15, 0.2) is 12.1 Å². The molecule has 0 unspecified atom stereocenters. The molecule has 0 atom stereocenters. The minimum absolute atomic E-state index is 0.0658. The quantitative estimate of drug-likeness (QED) is 0.585. The molecule has 1 rings (SSSR count). The van der Waals surface area contributed by atoms with Crippen molar-refractivity contribution in [2.24, 2.45) is 0 Å². The molecule has 0 heterocycles. The third kappa shape index (κ3) is 3.87. The number of carbonyl (C=O) groups excluding carboxylic acids is 1. The van der Waals surface area contributed by atoms with E-state index in [0.29, 0.717) is 6.07 Å². The molecule has 5 nitrogen and oxygen atoms in total. The van der Waals surface area contributed by atoms with Gasteiger partial charge in [0.2, 0.25) is 0 Å². The highest BCUT2D eigenvalue weighted by Gasteiger charge is 2.23. The highest BCUT2D eigenvalue weighted by molar-refractivity contribution is 5.96. The van der Waals surface area contributed by atoms with Crippen LogP contribution in [0.25, 0.3) is 0 Å². The Kier molecular flexibility index (Phi) is 5.65. The molecule has 0 spiro atoms. The van der Waals surface area contributed by atoms with Gasteiger partial charge in [-0.25, -0.2) is 13.8 Å². The van der Waals surface area contributed by atoms with E-state index in [-0.39, 0.29) is 24.5 Å². The number of hydroxylamine groups is 2. The van der Waals surface area contributed by atoms with Crippen LogP contribution in [0.3, 0.4) is 0 Å². The standard InChI is InChI=1S/C12H15F2NO4/c1-15(18-3)12(16)11-9(14)6-8(13)7-10(11)19-5-4-17-2/h6-7H,4-5H2,1-3H3. The van der Waals surface area contributed by atoms with E-state index < -0.39 is 17.5 Å². The summed E-state index contributed by atoms with van der Waals surface area (Å²) in [6.07, 6.45) is 0. The van der Waals surface area contributed by atoms with Crippen molar-refractivity contribution in [3.63, 3.8) is 0 Å². The molecule has 1 amide bonds. The van der Waals surface area contributed by atoms with Gasteiger partial charge in [0.25, 0.3) is 5.91 Å². The molecule has 0 aliphatic rings. The van der Waals surface area contributed by atoms with Crippen molar-refractivity contribution in [3.05, 3.63) is 29.3 Å². The molecular weight excluding hydrogens is 260 g/mol. The van der Waals surface area contributed by atoms with Crippen molar-refractivity contribution in [3.8, 4) is 5.75 Å². The first-order chi connectivity index (χ1) is 9.01. The van der Waals surface area contributed by atoms with Gasteiger partial charge in [0.05, 0.1) is 13.7 Å². The van der Waals surface area contributed by atoms with Crippen LogP contribution < -0.4 is 4.74 Å². The molecule has 0 saturated carbocycles. The van der Waals surface area contributed by atoms with E-state index in [9.17, 15) is 13.6 Å². The lowest BCUT2D eigenvalue weighted by atomic mass is 10.1. The Bertz CT molecular complexity index is 454. The topological polar surface area (TPSA) is 48.0 Å². The maximum absolute atomic E-state index is 13.7. The Hall–Kier alpha value is -1.73. The predicted molar refractivity (Wildman–Crippen MR) is 62.8 cm³/mol. The summed E-state index contributed by atoms with van der Waals surface area (Å²) in [6, 6.07) is 1.55. The zero-order chi connectivity index (χ0) is 14.4. The Morgan fingerprint density at radius 1 is 1.26 bits per heavy atom. The van der Waals surface area contributed by atoms with E-state index >= 15 is 0 Å². The molecule has 19 heavy (non-hydrogen) atoms. The third-order valence-corrected chi connectivity index (χ3v) is 2.34. The number of amides is 1. The number of carbonyl (C=O) groups is 1. The molecule has 1 aromatic rings. The van der Waals surface area contributed by atoms with Crippen molar-refractivity contribution in [1.29, 1.82) is 0 Å². The average molecular weight is 275 g/mol. The highest BCUT2D eigenvalue weighted by atomic mass is 19.1. The molecule has 0 aliphatic heterocycles. The zero-order valence-electron chi connectivity index (χ0n) is 10.9. The van der Waals surface area contributed by atoms with Crippen molar-refractivity contribution >= 4 is 5.91 Å².